The number of amides is 1. The second-order valence-electron chi connectivity index (χ2n) is 6.92. The first-order chi connectivity index (χ1) is 10.1. The van der Waals surface area contributed by atoms with Crippen LogP contribution in [0.5, 0.6) is 0 Å². The van der Waals surface area contributed by atoms with Gasteiger partial charge in [-0.3, -0.25) is 4.79 Å². The predicted octanol–water partition coefficient (Wildman–Crippen LogP) is 5.14. The number of nitrogens with one attached hydrogen (secondary N) is 1. The van der Waals surface area contributed by atoms with Crippen molar-refractivity contribution in [2.45, 2.75) is 78.6 Å². The van der Waals surface area contributed by atoms with Gasteiger partial charge in [0.2, 0.25) is 5.91 Å². The summed E-state index contributed by atoms with van der Waals surface area (Å²) in [5.41, 5.74) is 0.0789. The second kappa shape index (κ2) is 9.71. The molecule has 0 aromatic heterocycles. The Morgan fingerprint density at radius 1 is 1.14 bits per heavy atom. The van der Waals surface area contributed by atoms with Crippen molar-refractivity contribution >= 4 is 17.5 Å². The van der Waals surface area contributed by atoms with Gasteiger partial charge < -0.3 is 5.32 Å². The molecule has 0 aliphatic heterocycles. The van der Waals surface area contributed by atoms with Crippen LogP contribution in [0.1, 0.15) is 78.6 Å². The van der Waals surface area contributed by atoms with Crippen molar-refractivity contribution in [2.75, 3.05) is 12.4 Å². The Kier molecular flexibility index (Phi) is 8.70. The summed E-state index contributed by atoms with van der Waals surface area (Å²) < 4.78 is 0. The minimum atomic E-state index is 0.0789. The van der Waals surface area contributed by atoms with Gasteiger partial charge in [-0.25, -0.2) is 0 Å². The van der Waals surface area contributed by atoms with Crippen LogP contribution < -0.4 is 5.32 Å². The lowest BCUT2D eigenvalue weighted by Crippen LogP contribution is -2.41. The molecule has 1 saturated carbocycles. The van der Waals surface area contributed by atoms with Gasteiger partial charge in [-0.15, -0.1) is 11.6 Å². The first-order valence-electron chi connectivity index (χ1n) is 8.94. The molecule has 0 atom stereocenters. The van der Waals surface area contributed by atoms with Gasteiger partial charge in [0.1, 0.15) is 0 Å². The lowest BCUT2D eigenvalue weighted by molar-refractivity contribution is -0.126. The maximum absolute atomic E-state index is 12.4. The highest BCUT2D eigenvalue weighted by Crippen LogP contribution is 2.32. The summed E-state index contributed by atoms with van der Waals surface area (Å²) in [6.45, 7) is 7.32. The third-order valence-corrected chi connectivity index (χ3v) is 6.17. The van der Waals surface area contributed by atoms with Crippen LogP contribution in [0.25, 0.3) is 0 Å². The van der Waals surface area contributed by atoms with Crippen LogP contribution in [0.2, 0.25) is 0 Å². The molecule has 0 radical (unpaired) electrons. The van der Waals surface area contributed by atoms with Gasteiger partial charge in [-0.05, 0) is 44.4 Å². The summed E-state index contributed by atoms with van der Waals surface area (Å²) >= 11 is 6.11. The van der Waals surface area contributed by atoms with Crippen molar-refractivity contribution in [1.82, 2.24) is 5.32 Å². The van der Waals surface area contributed by atoms with E-state index < -0.39 is 0 Å². The average molecular weight is 316 g/mol. The van der Waals surface area contributed by atoms with E-state index in [1.165, 1.54) is 32.1 Å². The van der Waals surface area contributed by atoms with Crippen molar-refractivity contribution in [3.63, 3.8) is 0 Å². The molecule has 0 bridgehead atoms. The van der Waals surface area contributed by atoms with Crippen LogP contribution in [-0.4, -0.2) is 18.3 Å². The molecule has 2 nitrogen and oxygen atoms in total. The molecule has 3 heteroatoms. The number of hydrogen-bond donors (Lipinski definition) is 1. The molecule has 0 aromatic rings. The molecule has 1 fully saturated rings. The van der Waals surface area contributed by atoms with Crippen LogP contribution >= 0.6 is 11.6 Å². The Morgan fingerprint density at radius 2 is 1.76 bits per heavy atom. The van der Waals surface area contributed by atoms with Crippen molar-refractivity contribution < 1.29 is 4.79 Å². The summed E-state index contributed by atoms with van der Waals surface area (Å²) in [4.78, 5) is 12.4. The standard InChI is InChI=1S/C18H34ClNO/c1-4-7-8-15-9-11-16(12-10-15)17(21)20-14-18(5-2,6-3)13-19/h15-16H,4-14H2,1-3H3,(H,20,21). The number of halogens is 1. The van der Waals surface area contributed by atoms with E-state index in [4.69, 9.17) is 11.6 Å². The normalized spacial score (nSPS) is 23.0. The topological polar surface area (TPSA) is 29.1 Å². The molecule has 1 N–H and O–H groups in total. The van der Waals surface area contributed by atoms with Crippen molar-refractivity contribution in [2.24, 2.45) is 17.3 Å². The van der Waals surface area contributed by atoms with Gasteiger partial charge in [0, 0.05) is 23.8 Å². The molecule has 1 aliphatic rings. The quantitative estimate of drug-likeness (QED) is 0.586. The van der Waals surface area contributed by atoms with Gasteiger partial charge in [0.15, 0.2) is 0 Å². The summed E-state index contributed by atoms with van der Waals surface area (Å²) in [5.74, 6) is 2.00. The molecule has 0 unspecified atom stereocenters. The SMILES string of the molecule is CCCCC1CCC(C(=O)NCC(CC)(CC)CCl)CC1. The number of unbranched alkanes of at least 4 members (excludes halogenated alkanes) is 1. The zero-order chi connectivity index (χ0) is 15.7. The van der Waals surface area contributed by atoms with E-state index in [9.17, 15) is 4.79 Å². The summed E-state index contributed by atoms with van der Waals surface area (Å²) in [7, 11) is 0. The van der Waals surface area contributed by atoms with E-state index in [-0.39, 0.29) is 17.2 Å². The van der Waals surface area contributed by atoms with E-state index in [1.54, 1.807) is 0 Å². The van der Waals surface area contributed by atoms with Crippen molar-refractivity contribution in [3.05, 3.63) is 0 Å². The second-order valence-corrected chi connectivity index (χ2v) is 7.19. The smallest absolute Gasteiger partial charge is 0.223 e. The monoisotopic (exact) mass is 315 g/mol. The maximum Gasteiger partial charge on any atom is 0.223 e. The van der Waals surface area contributed by atoms with Crippen LogP contribution in [0.4, 0.5) is 0 Å². The van der Waals surface area contributed by atoms with Gasteiger partial charge in [0.05, 0.1) is 0 Å². The fourth-order valence-corrected chi connectivity index (χ4v) is 3.83. The lowest BCUT2D eigenvalue weighted by Gasteiger charge is -2.32. The zero-order valence-electron chi connectivity index (χ0n) is 14.2. The molecule has 1 amide bonds. The highest BCUT2D eigenvalue weighted by molar-refractivity contribution is 6.18. The molecule has 124 valence electrons. The van der Waals surface area contributed by atoms with E-state index in [0.717, 1.165) is 38.1 Å². The van der Waals surface area contributed by atoms with E-state index >= 15 is 0 Å². The van der Waals surface area contributed by atoms with Gasteiger partial charge >= 0.3 is 0 Å². The fourth-order valence-electron chi connectivity index (χ4n) is 3.36. The fraction of sp³-hybridized carbons (Fsp3) is 0.944. The van der Waals surface area contributed by atoms with Crippen LogP contribution in [0.15, 0.2) is 0 Å². The minimum Gasteiger partial charge on any atom is -0.355 e. The Labute approximate surface area is 136 Å². The Balaban J connectivity index is 2.34. The zero-order valence-corrected chi connectivity index (χ0v) is 15.0. The van der Waals surface area contributed by atoms with E-state index in [1.807, 2.05) is 0 Å². The van der Waals surface area contributed by atoms with Crippen LogP contribution in [-0.2, 0) is 4.79 Å². The predicted molar refractivity (Wildman–Crippen MR) is 91.7 cm³/mol. The highest BCUT2D eigenvalue weighted by Gasteiger charge is 2.29. The number of hydrogen-bond acceptors (Lipinski definition) is 1. The molecule has 1 rings (SSSR count). The number of alkyl halides is 1. The largest absolute Gasteiger partial charge is 0.355 e. The maximum atomic E-state index is 12.4. The lowest BCUT2D eigenvalue weighted by atomic mass is 9.79. The Hall–Kier alpha value is -0.240. The Morgan fingerprint density at radius 3 is 2.24 bits per heavy atom. The van der Waals surface area contributed by atoms with E-state index in [0.29, 0.717) is 5.88 Å². The first-order valence-corrected chi connectivity index (χ1v) is 9.47. The molecular weight excluding hydrogens is 282 g/mol. The molecule has 21 heavy (non-hydrogen) atoms. The number of carbonyl (C=O) groups is 1. The summed E-state index contributed by atoms with van der Waals surface area (Å²) in [5, 5.41) is 3.18. The third-order valence-electron chi connectivity index (χ3n) is 5.60. The van der Waals surface area contributed by atoms with Crippen molar-refractivity contribution in [1.29, 1.82) is 0 Å². The van der Waals surface area contributed by atoms with E-state index in [2.05, 4.69) is 26.1 Å². The van der Waals surface area contributed by atoms with Crippen LogP contribution in [0.3, 0.4) is 0 Å². The third kappa shape index (κ3) is 5.81. The van der Waals surface area contributed by atoms with Crippen molar-refractivity contribution in [3.8, 4) is 0 Å². The van der Waals surface area contributed by atoms with Gasteiger partial charge in [0.25, 0.3) is 0 Å². The Bertz CT molecular complexity index is 285. The highest BCUT2D eigenvalue weighted by atomic mass is 35.5. The average Bonchev–Trinajstić information content (AvgIpc) is 2.55. The van der Waals surface area contributed by atoms with Crippen LogP contribution in [0, 0.1) is 17.3 Å². The minimum absolute atomic E-state index is 0.0789. The molecule has 0 saturated heterocycles. The first kappa shape index (κ1) is 18.8. The van der Waals surface area contributed by atoms with Gasteiger partial charge in [-0.2, -0.15) is 0 Å². The molecule has 0 spiro atoms. The molecule has 1 aliphatic carbocycles. The summed E-state index contributed by atoms with van der Waals surface area (Å²) in [6, 6.07) is 0. The number of carbonyl (C=O) groups excluding carboxylic acids is 1. The number of rotatable bonds is 9. The molecule has 0 heterocycles. The molecule has 0 aromatic carbocycles. The summed E-state index contributed by atoms with van der Waals surface area (Å²) in [6.07, 6.45) is 10.7. The molecular formula is C18H34ClNO. The van der Waals surface area contributed by atoms with Gasteiger partial charge in [-0.1, -0.05) is 40.0 Å².